The van der Waals surface area contributed by atoms with Gasteiger partial charge in [-0.2, -0.15) is 0 Å². The summed E-state index contributed by atoms with van der Waals surface area (Å²) in [4.78, 5) is 29.5. The van der Waals surface area contributed by atoms with Gasteiger partial charge in [0.2, 0.25) is 0 Å². The molecule has 2 N–H and O–H groups in total. The molecule has 2 aromatic rings. The zero-order valence-electron chi connectivity index (χ0n) is 25.4. The zero-order valence-corrected chi connectivity index (χ0v) is 26.1. The van der Waals surface area contributed by atoms with Crippen LogP contribution in [0.5, 0.6) is 0 Å². The smallest absolute Gasteiger partial charge is 0.410 e. The van der Waals surface area contributed by atoms with Crippen LogP contribution in [0.1, 0.15) is 76.3 Å². The molecule has 8 heteroatoms. The van der Waals surface area contributed by atoms with Crippen LogP contribution >= 0.6 is 11.6 Å². The van der Waals surface area contributed by atoms with Gasteiger partial charge in [0.25, 0.3) is 0 Å². The standard InChI is InChI=1S/C34H48ClN3O4/c1-4-16-38(34(41)42-23-25-10-12-28(35)13-11-25)30-14-17-37(18-15-30)22-27-20-29(36-32(33(39)40)19-24(2)3)21-31(27)26-8-6-5-7-9-26/h5-13,24,27,29-32,36H,4,14-23H2,1-3H3,(H,39,40). The van der Waals surface area contributed by atoms with Gasteiger partial charge in [-0.05, 0) is 79.5 Å². The Balaban J connectivity index is 1.34. The fourth-order valence-corrected chi connectivity index (χ4v) is 6.91. The summed E-state index contributed by atoms with van der Waals surface area (Å²) in [7, 11) is 0. The van der Waals surface area contributed by atoms with Crippen molar-refractivity contribution >= 4 is 23.7 Å². The van der Waals surface area contributed by atoms with Gasteiger partial charge in [-0.3, -0.25) is 4.79 Å². The Morgan fingerprint density at radius 3 is 2.38 bits per heavy atom. The van der Waals surface area contributed by atoms with E-state index in [4.69, 9.17) is 16.3 Å². The minimum Gasteiger partial charge on any atom is -0.480 e. The maximum absolute atomic E-state index is 13.1. The van der Waals surface area contributed by atoms with Crippen molar-refractivity contribution in [3.8, 4) is 0 Å². The monoisotopic (exact) mass is 597 g/mol. The summed E-state index contributed by atoms with van der Waals surface area (Å²) in [5, 5.41) is 14.0. The molecule has 230 valence electrons. The van der Waals surface area contributed by atoms with Crippen LogP contribution in [0.3, 0.4) is 0 Å². The average molecular weight is 598 g/mol. The van der Waals surface area contributed by atoms with Gasteiger partial charge in [0.05, 0.1) is 0 Å². The van der Waals surface area contributed by atoms with E-state index in [2.05, 4.69) is 61.3 Å². The van der Waals surface area contributed by atoms with E-state index in [1.54, 1.807) is 0 Å². The van der Waals surface area contributed by atoms with Gasteiger partial charge in [-0.1, -0.05) is 74.8 Å². The maximum Gasteiger partial charge on any atom is 0.410 e. The summed E-state index contributed by atoms with van der Waals surface area (Å²) in [6.07, 6.45) is 5.06. The van der Waals surface area contributed by atoms with Crippen LogP contribution in [0.15, 0.2) is 54.6 Å². The number of nitrogens with zero attached hydrogens (tertiary/aromatic N) is 2. The second kappa shape index (κ2) is 15.7. The highest BCUT2D eigenvalue weighted by Gasteiger charge is 2.39. The van der Waals surface area contributed by atoms with Crippen molar-refractivity contribution in [1.82, 2.24) is 15.1 Å². The van der Waals surface area contributed by atoms with Crippen LogP contribution in [0.25, 0.3) is 0 Å². The second-order valence-electron chi connectivity index (χ2n) is 12.5. The molecule has 0 aromatic heterocycles. The van der Waals surface area contributed by atoms with E-state index in [0.717, 1.165) is 57.3 Å². The van der Waals surface area contributed by atoms with Crippen LogP contribution in [0.2, 0.25) is 5.02 Å². The van der Waals surface area contributed by atoms with E-state index >= 15 is 0 Å². The molecule has 4 unspecified atom stereocenters. The molecule has 1 saturated carbocycles. The van der Waals surface area contributed by atoms with Gasteiger partial charge in [0.15, 0.2) is 0 Å². The van der Waals surface area contributed by atoms with E-state index in [-0.39, 0.29) is 24.8 Å². The normalized spacial score (nSPS) is 22.3. The fraction of sp³-hybridized carbons (Fsp3) is 0.588. The number of carboxylic acids is 1. The quantitative estimate of drug-likeness (QED) is 0.264. The molecule has 0 spiro atoms. The van der Waals surface area contributed by atoms with Crippen molar-refractivity contribution in [2.45, 2.75) is 89.9 Å². The third kappa shape index (κ3) is 9.19. The van der Waals surface area contributed by atoms with Crippen LogP contribution in [-0.4, -0.2) is 71.3 Å². The molecule has 2 aromatic carbocycles. The highest BCUT2D eigenvalue weighted by Crippen LogP contribution is 2.41. The molecule has 1 saturated heterocycles. The largest absolute Gasteiger partial charge is 0.480 e. The third-order valence-corrected chi connectivity index (χ3v) is 9.08. The summed E-state index contributed by atoms with van der Waals surface area (Å²) in [5.41, 5.74) is 2.27. The Hall–Kier alpha value is -2.61. The highest BCUT2D eigenvalue weighted by atomic mass is 35.5. The van der Waals surface area contributed by atoms with E-state index in [9.17, 15) is 14.7 Å². The number of rotatable bonds is 13. The van der Waals surface area contributed by atoms with Crippen molar-refractivity contribution in [3.05, 3.63) is 70.7 Å². The van der Waals surface area contributed by atoms with Gasteiger partial charge in [-0.15, -0.1) is 0 Å². The molecule has 1 aliphatic carbocycles. The van der Waals surface area contributed by atoms with Crippen LogP contribution in [0.4, 0.5) is 4.79 Å². The van der Waals surface area contributed by atoms with Crippen molar-refractivity contribution in [2.75, 3.05) is 26.2 Å². The zero-order chi connectivity index (χ0) is 30.1. The lowest BCUT2D eigenvalue weighted by atomic mass is 9.88. The average Bonchev–Trinajstić information content (AvgIpc) is 3.37. The highest BCUT2D eigenvalue weighted by molar-refractivity contribution is 6.30. The van der Waals surface area contributed by atoms with Crippen molar-refractivity contribution in [3.63, 3.8) is 0 Å². The molecule has 2 fully saturated rings. The lowest BCUT2D eigenvalue weighted by Crippen LogP contribution is -2.48. The maximum atomic E-state index is 13.1. The minimum absolute atomic E-state index is 0.175. The number of hydrogen-bond donors (Lipinski definition) is 2. The number of piperidine rings is 1. The fourth-order valence-electron chi connectivity index (χ4n) is 6.79. The van der Waals surface area contributed by atoms with Gasteiger partial charge in [-0.25, -0.2) is 4.79 Å². The summed E-state index contributed by atoms with van der Waals surface area (Å²) >= 11 is 5.98. The molecule has 2 aliphatic rings. The Morgan fingerprint density at radius 2 is 1.76 bits per heavy atom. The minimum atomic E-state index is -0.756. The predicted octanol–water partition coefficient (Wildman–Crippen LogP) is 6.80. The molecule has 0 radical (unpaired) electrons. The predicted molar refractivity (Wildman–Crippen MR) is 168 cm³/mol. The van der Waals surface area contributed by atoms with Crippen molar-refractivity contribution < 1.29 is 19.4 Å². The third-order valence-electron chi connectivity index (χ3n) is 8.83. The van der Waals surface area contributed by atoms with Crippen LogP contribution in [0, 0.1) is 11.8 Å². The summed E-state index contributed by atoms with van der Waals surface area (Å²) in [5.74, 6) is 0.415. The molecule has 1 heterocycles. The number of aliphatic carboxylic acids is 1. The Morgan fingerprint density at radius 1 is 1.07 bits per heavy atom. The number of likely N-dealkylation sites (tertiary alicyclic amines) is 1. The summed E-state index contributed by atoms with van der Waals surface area (Å²) in [6, 6.07) is 17.9. The Kier molecular flexibility index (Phi) is 12.1. The number of benzene rings is 2. The molecular weight excluding hydrogens is 550 g/mol. The van der Waals surface area contributed by atoms with E-state index in [1.807, 2.05) is 29.2 Å². The first-order valence-electron chi connectivity index (χ1n) is 15.7. The molecule has 1 amide bonds. The van der Waals surface area contributed by atoms with Crippen molar-refractivity contribution in [1.29, 1.82) is 0 Å². The number of carbonyl (C=O) groups is 2. The first-order valence-corrected chi connectivity index (χ1v) is 16.0. The molecular formula is C34H48ClN3O4. The number of hydrogen-bond acceptors (Lipinski definition) is 5. The van der Waals surface area contributed by atoms with E-state index in [1.165, 1.54) is 5.56 Å². The van der Waals surface area contributed by atoms with Crippen LogP contribution in [-0.2, 0) is 16.1 Å². The topological polar surface area (TPSA) is 82.1 Å². The van der Waals surface area contributed by atoms with Gasteiger partial charge >= 0.3 is 12.1 Å². The van der Waals surface area contributed by atoms with Crippen molar-refractivity contribution in [2.24, 2.45) is 11.8 Å². The number of amides is 1. The van der Waals surface area contributed by atoms with Gasteiger partial charge in [0.1, 0.15) is 12.6 Å². The molecule has 7 nitrogen and oxygen atoms in total. The number of carbonyl (C=O) groups excluding carboxylic acids is 1. The Bertz CT molecular complexity index is 1120. The van der Waals surface area contributed by atoms with Gasteiger partial charge < -0.3 is 25.0 Å². The molecule has 0 bridgehead atoms. The molecule has 4 atom stereocenters. The SMILES string of the molecule is CCCN(C(=O)OCc1ccc(Cl)cc1)C1CCN(CC2CC(NC(CC(C)C)C(=O)O)CC2c2ccccc2)CC1. The van der Waals surface area contributed by atoms with E-state index in [0.29, 0.717) is 35.7 Å². The number of carboxylic acid groups (broad SMARTS) is 1. The second-order valence-corrected chi connectivity index (χ2v) is 13.0. The summed E-state index contributed by atoms with van der Waals surface area (Å²) < 4.78 is 5.70. The number of nitrogens with one attached hydrogen (secondary N) is 1. The van der Waals surface area contributed by atoms with Gasteiger partial charge in [0, 0.05) is 43.3 Å². The first-order chi connectivity index (χ1) is 20.2. The summed E-state index contributed by atoms with van der Waals surface area (Å²) in [6.45, 7) is 10.1. The molecule has 1 aliphatic heterocycles. The molecule has 42 heavy (non-hydrogen) atoms. The lowest BCUT2D eigenvalue weighted by Gasteiger charge is -2.39. The molecule has 4 rings (SSSR count). The van der Waals surface area contributed by atoms with E-state index < -0.39 is 12.0 Å². The number of ether oxygens (including phenoxy) is 1. The van der Waals surface area contributed by atoms with Crippen LogP contribution < -0.4 is 5.32 Å². The first kappa shape index (κ1) is 32.3. The number of halogens is 1. The Labute approximate surface area is 256 Å². The lowest BCUT2D eigenvalue weighted by molar-refractivity contribution is -0.140.